The molecule has 1 aliphatic heterocycles. The molecule has 0 spiro atoms. The molecule has 0 N–H and O–H groups in total. The van der Waals surface area contributed by atoms with Gasteiger partial charge >= 0.3 is 0 Å². The highest BCUT2D eigenvalue weighted by atomic mass is 32.2. The molecule has 3 aromatic carbocycles. The lowest BCUT2D eigenvalue weighted by Crippen LogP contribution is -2.49. The molecule has 5 heteroatoms. The topological polar surface area (TPSA) is 32.8 Å². The van der Waals surface area contributed by atoms with Crippen molar-refractivity contribution >= 4 is 23.4 Å². The van der Waals surface area contributed by atoms with E-state index in [4.69, 9.17) is 4.74 Å². The SMILES string of the molecule is COc1ccccc1N1CCN(C(=O)[C@H](Sc2ccccc2)c2ccccc2)CC1. The van der Waals surface area contributed by atoms with Gasteiger partial charge in [-0.3, -0.25) is 4.79 Å². The number of amides is 1. The molecule has 0 bridgehead atoms. The van der Waals surface area contributed by atoms with E-state index in [0.717, 1.165) is 35.0 Å². The van der Waals surface area contributed by atoms with Crippen LogP contribution in [0.3, 0.4) is 0 Å². The molecule has 1 amide bonds. The van der Waals surface area contributed by atoms with Crippen LogP contribution in [0.2, 0.25) is 0 Å². The maximum absolute atomic E-state index is 13.5. The molecule has 0 aliphatic carbocycles. The van der Waals surface area contributed by atoms with Crippen LogP contribution in [0.1, 0.15) is 10.8 Å². The summed E-state index contributed by atoms with van der Waals surface area (Å²) in [5.41, 5.74) is 2.13. The Morgan fingerprint density at radius 2 is 1.43 bits per heavy atom. The van der Waals surface area contributed by atoms with E-state index >= 15 is 0 Å². The third kappa shape index (κ3) is 4.62. The number of rotatable bonds is 6. The average molecular weight is 419 g/mol. The predicted molar refractivity (Wildman–Crippen MR) is 123 cm³/mol. The fourth-order valence-corrected chi connectivity index (χ4v) is 4.88. The van der Waals surface area contributed by atoms with Crippen molar-refractivity contribution in [2.24, 2.45) is 0 Å². The fourth-order valence-electron chi connectivity index (χ4n) is 3.75. The normalized spacial score (nSPS) is 15.0. The highest BCUT2D eigenvalue weighted by Crippen LogP contribution is 2.37. The van der Waals surface area contributed by atoms with Gasteiger partial charge in [0.15, 0.2) is 0 Å². The maximum atomic E-state index is 13.5. The smallest absolute Gasteiger partial charge is 0.240 e. The van der Waals surface area contributed by atoms with Crippen molar-refractivity contribution in [3.05, 3.63) is 90.5 Å². The minimum Gasteiger partial charge on any atom is -0.495 e. The summed E-state index contributed by atoms with van der Waals surface area (Å²) < 4.78 is 5.51. The summed E-state index contributed by atoms with van der Waals surface area (Å²) in [4.78, 5) is 18.9. The lowest BCUT2D eigenvalue weighted by Gasteiger charge is -2.38. The number of benzene rings is 3. The van der Waals surface area contributed by atoms with Crippen LogP contribution < -0.4 is 9.64 Å². The molecule has 0 radical (unpaired) electrons. The molecular weight excluding hydrogens is 392 g/mol. The number of piperazine rings is 1. The molecule has 1 saturated heterocycles. The van der Waals surface area contributed by atoms with E-state index in [1.54, 1.807) is 18.9 Å². The van der Waals surface area contributed by atoms with Gasteiger partial charge in [0, 0.05) is 31.1 Å². The molecule has 154 valence electrons. The molecule has 0 aromatic heterocycles. The summed E-state index contributed by atoms with van der Waals surface area (Å²) in [6.07, 6.45) is 0. The predicted octanol–water partition coefficient (Wildman–Crippen LogP) is 4.88. The zero-order valence-corrected chi connectivity index (χ0v) is 17.9. The van der Waals surface area contributed by atoms with E-state index in [0.29, 0.717) is 13.1 Å². The summed E-state index contributed by atoms with van der Waals surface area (Å²) in [6, 6.07) is 28.3. The lowest BCUT2D eigenvalue weighted by atomic mass is 10.1. The zero-order chi connectivity index (χ0) is 20.8. The van der Waals surface area contributed by atoms with Crippen LogP contribution in [-0.4, -0.2) is 44.1 Å². The molecule has 0 unspecified atom stereocenters. The maximum Gasteiger partial charge on any atom is 0.240 e. The Morgan fingerprint density at radius 1 is 0.833 bits per heavy atom. The largest absolute Gasteiger partial charge is 0.495 e. The Labute approximate surface area is 182 Å². The van der Waals surface area contributed by atoms with Gasteiger partial charge < -0.3 is 14.5 Å². The van der Waals surface area contributed by atoms with Gasteiger partial charge in [-0.25, -0.2) is 0 Å². The van der Waals surface area contributed by atoms with Crippen LogP contribution in [-0.2, 0) is 4.79 Å². The number of nitrogens with zero attached hydrogens (tertiary/aromatic N) is 2. The lowest BCUT2D eigenvalue weighted by molar-refractivity contribution is -0.131. The molecular formula is C25H26N2O2S. The first-order valence-electron chi connectivity index (χ1n) is 10.2. The first-order chi connectivity index (χ1) is 14.8. The van der Waals surface area contributed by atoms with Crippen molar-refractivity contribution in [1.29, 1.82) is 0 Å². The average Bonchev–Trinajstić information content (AvgIpc) is 2.83. The Morgan fingerprint density at radius 3 is 2.10 bits per heavy atom. The van der Waals surface area contributed by atoms with Gasteiger partial charge in [0.05, 0.1) is 12.8 Å². The summed E-state index contributed by atoms with van der Waals surface area (Å²) in [7, 11) is 1.70. The molecule has 4 nitrogen and oxygen atoms in total. The number of carbonyl (C=O) groups is 1. The van der Waals surface area contributed by atoms with Crippen LogP contribution in [0.5, 0.6) is 5.75 Å². The van der Waals surface area contributed by atoms with Crippen molar-refractivity contribution < 1.29 is 9.53 Å². The standard InChI is InChI=1S/C25H26N2O2S/c1-29-23-15-9-8-14-22(23)26-16-18-27(19-17-26)25(28)24(20-10-4-2-5-11-20)30-21-12-6-3-7-13-21/h2-15,24H,16-19H2,1H3/t24-/m1/s1. The molecule has 1 fully saturated rings. The Hall–Kier alpha value is -2.92. The van der Waals surface area contributed by atoms with Gasteiger partial charge in [-0.15, -0.1) is 11.8 Å². The minimum atomic E-state index is -0.244. The van der Waals surface area contributed by atoms with Crippen molar-refractivity contribution in [3.63, 3.8) is 0 Å². The monoisotopic (exact) mass is 418 g/mol. The summed E-state index contributed by atoms with van der Waals surface area (Å²) in [5.74, 6) is 1.05. The van der Waals surface area contributed by atoms with E-state index < -0.39 is 0 Å². The number of hydrogen-bond acceptors (Lipinski definition) is 4. The second kappa shape index (κ2) is 9.72. The van der Waals surface area contributed by atoms with Crippen molar-refractivity contribution in [3.8, 4) is 5.75 Å². The summed E-state index contributed by atoms with van der Waals surface area (Å²) in [5, 5.41) is -0.244. The molecule has 1 aliphatic rings. The summed E-state index contributed by atoms with van der Waals surface area (Å²) >= 11 is 1.62. The Kier molecular flexibility index (Phi) is 6.60. The molecule has 1 heterocycles. The molecule has 0 saturated carbocycles. The number of anilines is 1. The van der Waals surface area contributed by atoms with Crippen molar-refractivity contribution in [1.82, 2.24) is 4.90 Å². The highest BCUT2D eigenvalue weighted by Gasteiger charge is 2.30. The second-order valence-corrected chi connectivity index (χ2v) is 8.38. The number of hydrogen-bond donors (Lipinski definition) is 0. The van der Waals surface area contributed by atoms with Gasteiger partial charge in [0.2, 0.25) is 5.91 Å². The van der Waals surface area contributed by atoms with Gasteiger partial charge in [-0.2, -0.15) is 0 Å². The number of ether oxygens (including phenoxy) is 1. The Bertz CT molecular complexity index is 957. The number of para-hydroxylation sites is 2. The fraction of sp³-hybridized carbons (Fsp3) is 0.240. The van der Waals surface area contributed by atoms with E-state index in [9.17, 15) is 4.79 Å². The summed E-state index contributed by atoms with van der Waals surface area (Å²) in [6.45, 7) is 3.00. The van der Waals surface area contributed by atoms with Crippen LogP contribution in [0.25, 0.3) is 0 Å². The quantitative estimate of drug-likeness (QED) is 0.534. The van der Waals surface area contributed by atoms with E-state index in [-0.39, 0.29) is 11.2 Å². The number of methoxy groups -OCH3 is 1. The van der Waals surface area contributed by atoms with E-state index in [2.05, 4.69) is 23.1 Å². The van der Waals surface area contributed by atoms with Gasteiger partial charge in [0.1, 0.15) is 11.0 Å². The van der Waals surface area contributed by atoms with Crippen LogP contribution in [0.4, 0.5) is 5.69 Å². The third-order valence-electron chi connectivity index (χ3n) is 5.34. The first kappa shape index (κ1) is 20.4. The van der Waals surface area contributed by atoms with Gasteiger partial charge in [-0.1, -0.05) is 60.7 Å². The van der Waals surface area contributed by atoms with Crippen LogP contribution in [0.15, 0.2) is 89.8 Å². The van der Waals surface area contributed by atoms with Gasteiger partial charge in [-0.05, 0) is 29.8 Å². The highest BCUT2D eigenvalue weighted by molar-refractivity contribution is 8.00. The Balaban J connectivity index is 1.49. The number of thioether (sulfide) groups is 1. The third-order valence-corrected chi connectivity index (χ3v) is 6.59. The van der Waals surface area contributed by atoms with Crippen LogP contribution in [0, 0.1) is 0 Å². The molecule has 4 rings (SSSR count). The van der Waals surface area contributed by atoms with E-state index in [1.807, 2.05) is 71.6 Å². The van der Waals surface area contributed by atoms with Crippen LogP contribution >= 0.6 is 11.8 Å². The molecule has 1 atom stereocenters. The second-order valence-electron chi connectivity index (χ2n) is 7.21. The molecule has 3 aromatic rings. The van der Waals surface area contributed by atoms with Gasteiger partial charge in [0.25, 0.3) is 0 Å². The number of carbonyl (C=O) groups excluding carboxylic acids is 1. The van der Waals surface area contributed by atoms with Crippen molar-refractivity contribution in [2.75, 3.05) is 38.2 Å². The van der Waals surface area contributed by atoms with E-state index in [1.165, 1.54) is 0 Å². The molecule has 30 heavy (non-hydrogen) atoms. The van der Waals surface area contributed by atoms with Crippen molar-refractivity contribution in [2.45, 2.75) is 10.1 Å². The zero-order valence-electron chi connectivity index (χ0n) is 17.1. The first-order valence-corrected chi connectivity index (χ1v) is 11.1. The minimum absolute atomic E-state index is 0.176.